The lowest BCUT2D eigenvalue weighted by atomic mass is 10.4. The summed E-state index contributed by atoms with van der Waals surface area (Å²) in [5, 5.41) is 11.7. The van der Waals surface area contributed by atoms with Gasteiger partial charge in [0.15, 0.2) is 5.13 Å². The highest BCUT2D eigenvalue weighted by molar-refractivity contribution is 8.00. The van der Waals surface area contributed by atoms with Crippen LogP contribution >= 0.6 is 23.1 Å². The summed E-state index contributed by atoms with van der Waals surface area (Å²) in [5.41, 5.74) is -3.89. The number of thioether (sulfide) groups is 1. The maximum Gasteiger partial charge on any atom is 0.441 e. The molecule has 0 atom stereocenters. The van der Waals surface area contributed by atoms with Crippen LogP contribution in [0.3, 0.4) is 0 Å². The van der Waals surface area contributed by atoms with Crippen LogP contribution in [0.1, 0.15) is 15.4 Å². The third-order valence-electron chi connectivity index (χ3n) is 1.63. The van der Waals surface area contributed by atoms with Crippen LogP contribution in [0.25, 0.3) is 0 Å². The van der Waals surface area contributed by atoms with Crippen LogP contribution in [-0.4, -0.2) is 33.9 Å². The second kappa shape index (κ2) is 5.58. The maximum absolute atomic E-state index is 11.8. The van der Waals surface area contributed by atoms with E-state index in [1.54, 1.807) is 0 Å². The van der Waals surface area contributed by atoms with Crippen LogP contribution in [0.5, 0.6) is 0 Å². The number of hydrogen-bond donors (Lipinski definition) is 2. The van der Waals surface area contributed by atoms with Gasteiger partial charge in [0.25, 0.3) is 0 Å². The number of nitrogens with zero attached hydrogens (tertiary/aromatic N) is 1. The Balaban J connectivity index is 2.43. The summed E-state index contributed by atoms with van der Waals surface area (Å²) in [6.07, 6.45) is 0. The molecule has 0 unspecified atom stereocenters. The largest absolute Gasteiger partial charge is 0.477 e. The van der Waals surface area contributed by atoms with Gasteiger partial charge in [-0.15, -0.1) is 0 Å². The molecule has 1 rings (SSSR count). The molecule has 4 nitrogen and oxygen atoms in total. The van der Waals surface area contributed by atoms with E-state index in [4.69, 9.17) is 5.11 Å². The topological polar surface area (TPSA) is 62.2 Å². The Morgan fingerprint density at radius 3 is 2.71 bits per heavy atom. The standard InChI is InChI=1S/C8H9F3N2O2S2/c1-4-5(6(14)15)17-7(13-4)12-2-3-16-8(9,10)11/h2-3H2,1H3,(H,12,13)(H,14,15). The number of alkyl halides is 3. The quantitative estimate of drug-likeness (QED) is 0.815. The average Bonchev–Trinajstić information content (AvgIpc) is 2.53. The summed E-state index contributed by atoms with van der Waals surface area (Å²) in [7, 11) is 0. The van der Waals surface area contributed by atoms with E-state index >= 15 is 0 Å². The van der Waals surface area contributed by atoms with Gasteiger partial charge in [-0.25, -0.2) is 9.78 Å². The molecule has 0 fully saturated rings. The third kappa shape index (κ3) is 4.82. The van der Waals surface area contributed by atoms with Gasteiger partial charge < -0.3 is 10.4 Å². The van der Waals surface area contributed by atoms with Gasteiger partial charge in [-0.05, 0) is 18.7 Å². The van der Waals surface area contributed by atoms with Crippen LogP contribution in [0.2, 0.25) is 0 Å². The Bertz CT molecular complexity index is 406. The Hall–Kier alpha value is -0.960. The molecule has 0 bridgehead atoms. The van der Waals surface area contributed by atoms with Gasteiger partial charge in [0.05, 0.1) is 5.69 Å². The monoisotopic (exact) mass is 286 g/mol. The van der Waals surface area contributed by atoms with Crippen molar-refractivity contribution in [3.63, 3.8) is 0 Å². The molecule has 0 aliphatic heterocycles. The van der Waals surface area contributed by atoms with Crippen molar-refractivity contribution in [3.05, 3.63) is 10.6 Å². The van der Waals surface area contributed by atoms with Crippen molar-refractivity contribution in [1.29, 1.82) is 0 Å². The first kappa shape index (κ1) is 14.1. The fourth-order valence-electron chi connectivity index (χ4n) is 0.995. The number of thiazole rings is 1. The predicted octanol–water partition coefficient (Wildman–Crippen LogP) is 2.81. The molecule has 1 aromatic rings. The number of carbonyl (C=O) groups is 1. The van der Waals surface area contributed by atoms with E-state index in [2.05, 4.69) is 10.3 Å². The molecule has 9 heteroatoms. The second-order valence-corrected chi connectivity index (χ2v) is 5.12. The summed E-state index contributed by atoms with van der Waals surface area (Å²) in [4.78, 5) is 14.7. The SMILES string of the molecule is Cc1nc(NCCSC(F)(F)F)sc1C(=O)O. The summed E-state index contributed by atoms with van der Waals surface area (Å²) in [5.74, 6) is -1.23. The number of aryl methyl sites for hydroxylation is 1. The number of halogens is 3. The minimum absolute atomic E-state index is 0.0796. The van der Waals surface area contributed by atoms with Crippen molar-refractivity contribution in [2.75, 3.05) is 17.6 Å². The van der Waals surface area contributed by atoms with Gasteiger partial charge in [-0.1, -0.05) is 11.3 Å². The molecule has 0 aliphatic rings. The molecule has 0 aromatic carbocycles. The van der Waals surface area contributed by atoms with E-state index in [1.807, 2.05) is 0 Å². The van der Waals surface area contributed by atoms with Crippen molar-refractivity contribution in [2.45, 2.75) is 12.4 Å². The molecule has 0 saturated heterocycles. The van der Waals surface area contributed by atoms with Gasteiger partial charge >= 0.3 is 11.5 Å². The Morgan fingerprint density at radius 1 is 1.59 bits per heavy atom. The fraction of sp³-hybridized carbons (Fsp3) is 0.500. The van der Waals surface area contributed by atoms with Crippen LogP contribution < -0.4 is 5.32 Å². The van der Waals surface area contributed by atoms with E-state index in [1.165, 1.54) is 6.92 Å². The zero-order chi connectivity index (χ0) is 13.1. The molecular weight excluding hydrogens is 277 g/mol. The highest BCUT2D eigenvalue weighted by Crippen LogP contribution is 2.30. The third-order valence-corrected chi connectivity index (χ3v) is 3.47. The smallest absolute Gasteiger partial charge is 0.441 e. The number of hydrogen-bond acceptors (Lipinski definition) is 5. The van der Waals surface area contributed by atoms with Crippen molar-refractivity contribution >= 4 is 34.2 Å². The van der Waals surface area contributed by atoms with Gasteiger partial charge in [-0.3, -0.25) is 0 Å². The minimum atomic E-state index is -4.24. The first-order valence-corrected chi connectivity index (χ1v) is 6.25. The second-order valence-electron chi connectivity index (χ2n) is 2.96. The molecule has 0 amide bonds. The number of anilines is 1. The van der Waals surface area contributed by atoms with Crippen molar-refractivity contribution in [1.82, 2.24) is 4.98 Å². The predicted molar refractivity (Wildman–Crippen MR) is 60.8 cm³/mol. The minimum Gasteiger partial charge on any atom is -0.477 e. The summed E-state index contributed by atoms with van der Waals surface area (Å²) < 4.78 is 35.4. The first-order valence-electron chi connectivity index (χ1n) is 4.45. The number of aromatic nitrogens is 1. The number of carboxylic acids is 1. The molecule has 0 spiro atoms. The van der Waals surface area contributed by atoms with Crippen molar-refractivity contribution in [2.24, 2.45) is 0 Å². The summed E-state index contributed by atoms with van der Waals surface area (Å²) in [6.45, 7) is 1.62. The van der Waals surface area contributed by atoms with Crippen molar-refractivity contribution in [3.8, 4) is 0 Å². The van der Waals surface area contributed by atoms with Gasteiger partial charge in [0.2, 0.25) is 0 Å². The van der Waals surface area contributed by atoms with E-state index in [9.17, 15) is 18.0 Å². The lowest BCUT2D eigenvalue weighted by Crippen LogP contribution is -2.09. The molecule has 96 valence electrons. The van der Waals surface area contributed by atoms with E-state index in [0.29, 0.717) is 10.8 Å². The Kier molecular flexibility index (Phi) is 4.63. The van der Waals surface area contributed by atoms with Gasteiger partial charge in [-0.2, -0.15) is 13.2 Å². The molecule has 1 aromatic heterocycles. The van der Waals surface area contributed by atoms with Gasteiger partial charge in [0.1, 0.15) is 4.88 Å². The Labute approximate surface area is 103 Å². The summed E-state index contributed by atoms with van der Waals surface area (Å²) in [6, 6.07) is 0. The van der Waals surface area contributed by atoms with E-state index in [-0.39, 0.29) is 28.9 Å². The lowest BCUT2D eigenvalue weighted by molar-refractivity contribution is -0.0327. The van der Waals surface area contributed by atoms with Crippen LogP contribution in [0, 0.1) is 6.92 Å². The van der Waals surface area contributed by atoms with E-state index < -0.39 is 11.5 Å². The Morgan fingerprint density at radius 2 is 2.24 bits per heavy atom. The normalized spacial score (nSPS) is 11.5. The average molecular weight is 286 g/mol. The van der Waals surface area contributed by atoms with Gasteiger partial charge in [0, 0.05) is 12.3 Å². The van der Waals surface area contributed by atoms with Crippen LogP contribution in [0.15, 0.2) is 0 Å². The zero-order valence-corrected chi connectivity index (χ0v) is 10.3. The first-order chi connectivity index (χ1) is 7.79. The number of aromatic carboxylic acids is 1. The number of nitrogens with one attached hydrogen (secondary N) is 1. The number of rotatable bonds is 5. The highest BCUT2D eigenvalue weighted by Gasteiger charge is 2.27. The van der Waals surface area contributed by atoms with E-state index in [0.717, 1.165) is 11.3 Å². The molecule has 0 saturated carbocycles. The lowest BCUT2D eigenvalue weighted by Gasteiger charge is -2.05. The van der Waals surface area contributed by atoms with Crippen LogP contribution in [-0.2, 0) is 0 Å². The zero-order valence-electron chi connectivity index (χ0n) is 8.67. The molecule has 17 heavy (non-hydrogen) atoms. The van der Waals surface area contributed by atoms with Crippen molar-refractivity contribution < 1.29 is 23.1 Å². The van der Waals surface area contributed by atoms with Crippen LogP contribution in [0.4, 0.5) is 18.3 Å². The fourth-order valence-corrected chi connectivity index (χ4v) is 2.26. The summed E-state index contributed by atoms with van der Waals surface area (Å²) >= 11 is 0.781. The molecule has 1 heterocycles. The number of carboxylic acid groups (broad SMARTS) is 1. The molecule has 2 N–H and O–H groups in total. The highest BCUT2D eigenvalue weighted by atomic mass is 32.2. The molecular formula is C8H9F3N2O2S2. The maximum atomic E-state index is 11.8. The molecule has 0 radical (unpaired) electrons. The molecule has 0 aliphatic carbocycles.